The van der Waals surface area contributed by atoms with Gasteiger partial charge in [-0.2, -0.15) is 0 Å². The fraction of sp³-hybridized carbons (Fsp3) is 0.375. The van der Waals surface area contributed by atoms with Crippen molar-refractivity contribution < 1.29 is 18.0 Å². The molecule has 0 radical (unpaired) electrons. The quantitative estimate of drug-likeness (QED) is 0.257. The smallest absolute Gasteiger partial charge is 0.264 e. The zero-order valence-corrected chi connectivity index (χ0v) is 27.3. The molecule has 0 spiro atoms. The number of nitrogens with zero attached hydrogens (tertiary/aromatic N) is 2. The molecule has 3 aromatic rings. The number of rotatable bonds is 10. The molecule has 1 aliphatic carbocycles. The lowest BCUT2D eigenvalue weighted by atomic mass is 9.95. The van der Waals surface area contributed by atoms with E-state index in [0.717, 1.165) is 52.0 Å². The Kier molecular flexibility index (Phi) is 10.7. The van der Waals surface area contributed by atoms with Crippen molar-refractivity contribution in [3.8, 4) is 0 Å². The SMILES string of the molecule is Cc1ccc(S(=O)(=O)N(CC(=O)N(Cc2ccc(Br)cc2)C(C)C(=O)NC2CCCCC2)c2ccc(Cl)cc2C)cc1. The van der Waals surface area contributed by atoms with Crippen LogP contribution in [0.15, 0.2) is 76.1 Å². The first-order valence-electron chi connectivity index (χ1n) is 14.2. The summed E-state index contributed by atoms with van der Waals surface area (Å²) >= 11 is 9.63. The Bertz CT molecular complexity index is 1510. The summed E-state index contributed by atoms with van der Waals surface area (Å²) in [6.45, 7) is 4.98. The van der Waals surface area contributed by atoms with Crippen molar-refractivity contribution in [2.75, 3.05) is 10.8 Å². The number of nitrogens with one attached hydrogen (secondary N) is 1. The normalized spacial score (nSPS) is 14.7. The zero-order chi connectivity index (χ0) is 30.4. The van der Waals surface area contributed by atoms with E-state index >= 15 is 0 Å². The number of carbonyl (C=O) groups is 2. The number of carbonyl (C=O) groups excluding carboxylic acids is 2. The Balaban J connectivity index is 1.69. The molecule has 0 bridgehead atoms. The zero-order valence-electron chi connectivity index (χ0n) is 24.1. The van der Waals surface area contributed by atoms with Gasteiger partial charge in [0.05, 0.1) is 10.6 Å². The van der Waals surface area contributed by atoms with E-state index in [2.05, 4.69) is 21.2 Å². The first-order valence-corrected chi connectivity index (χ1v) is 16.8. The molecule has 0 aliphatic heterocycles. The lowest BCUT2D eigenvalue weighted by Gasteiger charge is -2.33. The van der Waals surface area contributed by atoms with Crippen LogP contribution in [0.5, 0.6) is 0 Å². The van der Waals surface area contributed by atoms with Gasteiger partial charge in [-0.1, -0.05) is 76.6 Å². The van der Waals surface area contributed by atoms with E-state index in [1.165, 1.54) is 17.0 Å². The summed E-state index contributed by atoms with van der Waals surface area (Å²) in [7, 11) is -4.15. The topological polar surface area (TPSA) is 86.8 Å². The van der Waals surface area contributed by atoms with Gasteiger partial charge in [0.1, 0.15) is 12.6 Å². The maximum Gasteiger partial charge on any atom is 0.264 e. The lowest BCUT2D eigenvalue weighted by Crippen LogP contribution is -2.53. The molecular formula is C32H37BrClN3O4S. The van der Waals surface area contributed by atoms with E-state index in [1.54, 1.807) is 44.2 Å². The van der Waals surface area contributed by atoms with E-state index < -0.39 is 28.5 Å². The number of sulfonamides is 1. The van der Waals surface area contributed by atoms with Crippen LogP contribution in [-0.4, -0.2) is 43.8 Å². The Morgan fingerprint density at radius 1 is 0.976 bits per heavy atom. The van der Waals surface area contributed by atoms with Gasteiger partial charge < -0.3 is 10.2 Å². The number of hydrogen-bond acceptors (Lipinski definition) is 4. The van der Waals surface area contributed by atoms with Crippen molar-refractivity contribution in [1.82, 2.24) is 10.2 Å². The van der Waals surface area contributed by atoms with Crippen molar-refractivity contribution in [2.45, 2.75) is 76.4 Å². The second kappa shape index (κ2) is 14.1. The molecular weight excluding hydrogens is 638 g/mol. The highest BCUT2D eigenvalue weighted by atomic mass is 79.9. The Morgan fingerprint density at radius 3 is 2.24 bits per heavy atom. The third-order valence-electron chi connectivity index (χ3n) is 7.70. The highest BCUT2D eigenvalue weighted by molar-refractivity contribution is 9.10. The fourth-order valence-corrected chi connectivity index (χ4v) is 7.16. The van der Waals surface area contributed by atoms with Crippen molar-refractivity contribution in [2.24, 2.45) is 0 Å². The van der Waals surface area contributed by atoms with Gasteiger partial charge in [-0.25, -0.2) is 8.42 Å². The van der Waals surface area contributed by atoms with Crippen LogP contribution in [0.25, 0.3) is 0 Å². The van der Waals surface area contributed by atoms with Crippen LogP contribution in [0.3, 0.4) is 0 Å². The van der Waals surface area contributed by atoms with Crippen LogP contribution in [0.2, 0.25) is 5.02 Å². The van der Waals surface area contributed by atoms with Crippen LogP contribution in [0.4, 0.5) is 5.69 Å². The van der Waals surface area contributed by atoms with Crippen LogP contribution in [0.1, 0.15) is 55.7 Å². The van der Waals surface area contributed by atoms with Crippen LogP contribution < -0.4 is 9.62 Å². The second-order valence-electron chi connectivity index (χ2n) is 10.9. The summed E-state index contributed by atoms with van der Waals surface area (Å²) in [5.41, 5.74) is 2.68. The predicted octanol–water partition coefficient (Wildman–Crippen LogP) is 6.78. The van der Waals surface area contributed by atoms with Gasteiger partial charge in [0, 0.05) is 22.1 Å². The Morgan fingerprint density at radius 2 is 1.62 bits per heavy atom. The average molecular weight is 675 g/mol. The van der Waals surface area contributed by atoms with E-state index in [-0.39, 0.29) is 23.4 Å². The highest BCUT2D eigenvalue weighted by Gasteiger charge is 2.33. The molecule has 0 heterocycles. The van der Waals surface area contributed by atoms with Gasteiger partial charge in [-0.05, 0) is 87.2 Å². The minimum atomic E-state index is -4.15. The van der Waals surface area contributed by atoms with E-state index in [0.29, 0.717) is 16.3 Å². The number of benzene rings is 3. The molecule has 1 aliphatic rings. The minimum absolute atomic E-state index is 0.0674. The molecule has 224 valence electrons. The summed E-state index contributed by atoms with van der Waals surface area (Å²) in [4.78, 5) is 29.1. The first kappa shape index (κ1) is 32.0. The van der Waals surface area contributed by atoms with Gasteiger partial charge in [-0.15, -0.1) is 0 Å². The molecule has 2 amide bonds. The fourth-order valence-electron chi connectivity index (χ4n) is 5.19. The van der Waals surface area contributed by atoms with Crippen LogP contribution >= 0.6 is 27.5 Å². The molecule has 42 heavy (non-hydrogen) atoms. The minimum Gasteiger partial charge on any atom is -0.352 e. The largest absolute Gasteiger partial charge is 0.352 e. The van der Waals surface area contributed by atoms with E-state index in [4.69, 9.17) is 11.6 Å². The van der Waals surface area contributed by atoms with Crippen molar-refractivity contribution >= 4 is 55.1 Å². The van der Waals surface area contributed by atoms with Gasteiger partial charge in [0.25, 0.3) is 10.0 Å². The molecule has 4 rings (SSSR count). The number of hydrogen-bond donors (Lipinski definition) is 1. The summed E-state index contributed by atoms with van der Waals surface area (Å²) in [5.74, 6) is -0.739. The molecule has 1 unspecified atom stereocenters. The predicted molar refractivity (Wildman–Crippen MR) is 171 cm³/mol. The van der Waals surface area contributed by atoms with Crippen molar-refractivity contribution in [3.05, 3.63) is 92.9 Å². The summed E-state index contributed by atoms with van der Waals surface area (Å²) in [6, 6.07) is 18.1. The van der Waals surface area contributed by atoms with E-state index in [1.807, 2.05) is 31.2 Å². The summed E-state index contributed by atoms with van der Waals surface area (Å²) in [5, 5.41) is 3.58. The molecule has 10 heteroatoms. The van der Waals surface area contributed by atoms with Gasteiger partial charge in [0.15, 0.2) is 0 Å². The number of halogens is 2. The Labute approximate surface area is 262 Å². The molecule has 1 fully saturated rings. The average Bonchev–Trinajstić information content (AvgIpc) is 2.96. The molecule has 3 aromatic carbocycles. The van der Waals surface area contributed by atoms with Gasteiger partial charge >= 0.3 is 0 Å². The highest BCUT2D eigenvalue weighted by Crippen LogP contribution is 2.30. The van der Waals surface area contributed by atoms with Crippen LogP contribution in [0, 0.1) is 13.8 Å². The molecule has 0 saturated heterocycles. The third-order valence-corrected chi connectivity index (χ3v) is 10.2. The van der Waals surface area contributed by atoms with Gasteiger partial charge in [-0.3, -0.25) is 13.9 Å². The summed E-state index contributed by atoms with van der Waals surface area (Å²) < 4.78 is 30.1. The van der Waals surface area contributed by atoms with Crippen LogP contribution in [-0.2, 0) is 26.2 Å². The lowest BCUT2D eigenvalue weighted by molar-refractivity contribution is -0.139. The Hall–Kier alpha value is -2.88. The standard InChI is InChI=1S/C32H37BrClN3O4S/c1-22-9-16-29(17-10-22)42(40,41)37(30-18-15-27(34)19-23(30)2)21-31(38)36(20-25-11-13-26(33)14-12-25)24(3)32(39)35-28-7-5-4-6-8-28/h9-19,24,28H,4-8,20-21H2,1-3H3,(H,35,39). The van der Waals surface area contributed by atoms with E-state index in [9.17, 15) is 18.0 Å². The molecule has 1 N–H and O–H groups in total. The van der Waals surface area contributed by atoms with Crippen molar-refractivity contribution in [1.29, 1.82) is 0 Å². The molecule has 1 atom stereocenters. The number of aryl methyl sites for hydroxylation is 2. The third kappa shape index (κ3) is 7.94. The molecule has 1 saturated carbocycles. The molecule has 0 aromatic heterocycles. The summed E-state index contributed by atoms with van der Waals surface area (Å²) in [6.07, 6.45) is 5.11. The second-order valence-corrected chi connectivity index (χ2v) is 14.1. The van der Waals surface area contributed by atoms with Crippen molar-refractivity contribution in [3.63, 3.8) is 0 Å². The number of anilines is 1. The maximum absolute atomic E-state index is 14.2. The molecule has 7 nitrogen and oxygen atoms in total. The maximum atomic E-state index is 14.2. The first-order chi connectivity index (χ1) is 20.0. The number of amides is 2. The monoisotopic (exact) mass is 673 g/mol. The van der Waals surface area contributed by atoms with Gasteiger partial charge in [0.2, 0.25) is 11.8 Å².